The summed E-state index contributed by atoms with van der Waals surface area (Å²) in [6.07, 6.45) is 0.674. The Morgan fingerprint density at radius 1 is 0.600 bits per heavy atom. The van der Waals surface area contributed by atoms with Gasteiger partial charge < -0.3 is 47.7 Å². The standard InChI is InChI=1S/C33H47N3O14/c37-28(32-33(41)35-27-5-2-1-4-26(27)34-32)6-3-10-42-12-14-44-16-18-46-20-22-48-24-25-49-23-21-47-19-17-45-15-13-43-11-9-31(40)50-36-29(38)7-8-30(36)39/h1-2,4-5H,3,6-25H2,(H,35,41). The summed E-state index contributed by atoms with van der Waals surface area (Å²) < 4.78 is 43.4. The third-order valence-corrected chi connectivity index (χ3v) is 6.81. The van der Waals surface area contributed by atoms with Gasteiger partial charge in [0.15, 0.2) is 11.5 Å². The summed E-state index contributed by atoms with van der Waals surface area (Å²) in [4.78, 5) is 70.6. The van der Waals surface area contributed by atoms with E-state index in [0.29, 0.717) is 115 Å². The first-order chi connectivity index (χ1) is 24.5. The molecule has 0 bridgehead atoms. The summed E-state index contributed by atoms with van der Waals surface area (Å²) in [5.74, 6) is -2.05. The first-order valence-corrected chi connectivity index (χ1v) is 16.7. The van der Waals surface area contributed by atoms with Crippen LogP contribution in [0.5, 0.6) is 0 Å². The number of ether oxygens (including phenoxy) is 8. The highest BCUT2D eigenvalue weighted by Gasteiger charge is 2.32. The molecule has 2 aromatic rings. The van der Waals surface area contributed by atoms with E-state index in [1.165, 1.54) is 0 Å². The number of rotatable bonds is 30. The molecule has 0 unspecified atom stereocenters. The van der Waals surface area contributed by atoms with Crippen LogP contribution in [0.2, 0.25) is 0 Å². The molecule has 0 saturated carbocycles. The SMILES string of the molecule is O=C(CCOCCOCCOCCOCCOCCOCCOCCOCCCC(=O)c1nc2ccccc2[nH]c1=O)ON1C(=O)CCC1=O. The summed E-state index contributed by atoms with van der Waals surface area (Å²) in [6, 6.07) is 7.07. The number of fused-ring (bicyclic) bond motifs is 1. The van der Waals surface area contributed by atoms with Gasteiger partial charge in [0, 0.05) is 25.9 Å². The molecule has 17 heteroatoms. The number of hydrogen-bond donors (Lipinski definition) is 1. The number of carbonyl (C=O) groups excluding carboxylic acids is 4. The van der Waals surface area contributed by atoms with E-state index >= 15 is 0 Å². The van der Waals surface area contributed by atoms with Crippen molar-refractivity contribution in [1.82, 2.24) is 15.0 Å². The molecule has 1 aromatic carbocycles. The molecule has 17 nitrogen and oxygen atoms in total. The number of hydroxylamine groups is 2. The molecular formula is C33H47N3O14. The van der Waals surface area contributed by atoms with Crippen LogP contribution in [0.15, 0.2) is 29.1 Å². The molecule has 3 rings (SSSR count). The maximum absolute atomic E-state index is 12.4. The van der Waals surface area contributed by atoms with E-state index in [2.05, 4.69) is 9.97 Å². The maximum atomic E-state index is 12.4. The predicted molar refractivity (Wildman–Crippen MR) is 174 cm³/mol. The first-order valence-electron chi connectivity index (χ1n) is 16.7. The molecule has 0 aliphatic carbocycles. The lowest BCUT2D eigenvalue weighted by Crippen LogP contribution is -2.32. The normalized spacial score (nSPS) is 13.1. The van der Waals surface area contributed by atoms with Crippen molar-refractivity contribution in [2.24, 2.45) is 0 Å². The van der Waals surface area contributed by atoms with Gasteiger partial charge in [-0.25, -0.2) is 9.78 Å². The fourth-order valence-electron chi connectivity index (χ4n) is 4.27. The highest BCUT2D eigenvalue weighted by atomic mass is 16.7. The zero-order valence-electron chi connectivity index (χ0n) is 28.3. The van der Waals surface area contributed by atoms with E-state index < -0.39 is 23.3 Å². The number of ketones is 1. The average molecular weight is 710 g/mol. The highest BCUT2D eigenvalue weighted by Crippen LogP contribution is 2.12. The van der Waals surface area contributed by atoms with Gasteiger partial charge in [-0.1, -0.05) is 12.1 Å². The number of nitrogens with one attached hydrogen (secondary N) is 1. The molecule has 0 radical (unpaired) electrons. The van der Waals surface area contributed by atoms with Gasteiger partial charge in [0.1, 0.15) is 0 Å². The summed E-state index contributed by atoms with van der Waals surface area (Å²) in [7, 11) is 0. The quantitative estimate of drug-likeness (QED) is 0.0684. The van der Waals surface area contributed by atoms with Crippen molar-refractivity contribution in [3.05, 3.63) is 40.3 Å². The molecule has 278 valence electrons. The number of nitrogens with zero attached hydrogens (tertiary/aromatic N) is 2. The van der Waals surface area contributed by atoms with Crippen LogP contribution in [0.4, 0.5) is 0 Å². The topological polar surface area (TPSA) is 200 Å². The average Bonchev–Trinajstić information content (AvgIpc) is 3.42. The smallest absolute Gasteiger partial charge is 0.335 e. The molecule has 1 aromatic heterocycles. The minimum Gasteiger partial charge on any atom is -0.379 e. The molecule has 1 N–H and O–H groups in total. The number of amides is 2. The molecule has 1 fully saturated rings. The molecule has 0 spiro atoms. The van der Waals surface area contributed by atoms with Crippen molar-refractivity contribution in [2.45, 2.75) is 32.1 Å². The summed E-state index contributed by atoms with van der Waals surface area (Å²) in [5, 5.41) is 0.513. The second-order valence-electron chi connectivity index (χ2n) is 10.7. The Hall–Kier alpha value is -3.68. The van der Waals surface area contributed by atoms with E-state index in [0.717, 1.165) is 0 Å². The number of para-hydroxylation sites is 2. The van der Waals surface area contributed by atoms with E-state index in [-0.39, 0.29) is 50.4 Å². The fourth-order valence-corrected chi connectivity index (χ4v) is 4.27. The van der Waals surface area contributed by atoms with Gasteiger partial charge in [0.25, 0.3) is 17.4 Å². The Morgan fingerprint density at radius 3 is 1.54 bits per heavy atom. The zero-order valence-corrected chi connectivity index (χ0v) is 28.3. The molecule has 1 saturated heterocycles. The second-order valence-corrected chi connectivity index (χ2v) is 10.7. The van der Waals surface area contributed by atoms with E-state index in [1.807, 2.05) is 0 Å². The van der Waals surface area contributed by atoms with Gasteiger partial charge in [-0.3, -0.25) is 19.2 Å². The molecule has 1 aliphatic heterocycles. The first kappa shape index (κ1) is 40.7. The van der Waals surface area contributed by atoms with E-state index in [9.17, 15) is 24.0 Å². The fraction of sp³-hybridized carbons (Fsp3) is 0.636. The Balaban J connectivity index is 0.967. The van der Waals surface area contributed by atoms with Gasteiger partial charge in [-0.15, -0.1) is 5.06 Å². The van der Waals surface area contributed by atoms with Gasteiger partial charge >= 0.3 is 5.97 Å². The molecular weight excluding hydrogens is 662 g/mol. The van der Waals surface area contributed by atoms with Crippen LogP contribution in [-0.2, 0) is 57.1 Å². The number of Topliss-reactive ketones (excluding diaryl/α,β-unsaturated/α-hetero) is 1. The van der Waals surface area contributed by atoms with Gasteiger partial charge in [-0.2, -0.15) is 0 Å². The van der Waals surface area contributed by atoms with E-state index in [1.54, 1.807) is 24.3 Å². The van der Waals surface area contributed by atoms with Gasteiger partial charge in [0.2, 0.25) is 0 Å². The largest absolute Gasteiger partial charge is 0.379 e. The maximum Gasteiger partial charge on any atom is 0.335 e. The van der Waals surface area contributed by atoms with Crippen LogP contribution >= 0.6 is 0 Å². The molecule has 50 heavy (non-hydrogen) atoms. The van der Waals surface area contributed by atoms with Crippen molar-refractivity contribution >= 4 is 34.6 Å². The number of aromatic nitrogens is 2. The van der Waals surface area contributed by atoms with Crippen molar-refractivity contribution < 1.29 is 61.9 Å². The molecule has 0 atom stereocenters. The number of imide groups is 1. The lowest BCUT2D eigenvalue weighted by Gasteiger charge is -2.12. The summed E-state index contributed by atoms with van der Waals surface area (Å²) >= 11 is 0. The number of carbonyl (C=O) groups is 4. The lowest BCUT2D eigenvalue weighted by molar-refractivity contribution is -0.198. The van der Waals surface area contributed by atoms with Crippen LogP contribution in [-0.4, -0.2) is 144 Å². The van der Waals surface area contributed by atoms with Crippen LogP contribution in [0.1, 0.15) is 42.6 Å². The van der Waals surface area contributed by atoms with E-state index in [4.69, 9.17) is 42.7 Å². The van der Waals surface area contributed by atoms with Crippen LogP contribution in [0.25, 0.3) is 11.0 Å². The monoisotopic (exact) mass is 709 g/mol. The van der Waals surface area contributed by atoms with Gasteiger partial charge in [-0.05, 0) is 18.6 Å². The Kier molecular flexibility index (Phi) is 20.6. The third-order valence-electron chi connectivity index (χ3n) is 6.81. The Bertz CT molecular complexity index is 1350. The van der Waals surface area contributed by atoms with Crippen molar-refractivity contribution in [1.29, 1.82) is 0 Å². The second kappa shape index (κ2) is 25.3. The third kappa shape index (κ3) is 16.8. The predicted octanol–water partition coefficient (Wildman–Crippen LogP) is 1.02. The number of benzene rings is 1. The summed E-state index contributed by atoms with van der Waals surface area (Å²) in [6.45, 7) is 6.09. The van der Waals surface area contributed by atoms with Gasteiger partial charge in [0.05, 0.1) is 117 Å². The zero-order chi connectivity index (χ0) is 35.7. The van der Waals surface area contributed by atoms with Crippen molar-refractivity contribution in [3.8, 4) is 0 Å². The van der Waals surface area contributed by atoms with Crippen molar-refractivity contribution in [2.75, 3.05) is 106 Å². The number of H-pyrrole nitrogens is 1. The van der Waals surface area contributed by atoms with Crippen LogP contribution in [0.3, 0.4) is 0 Å². The van der Waals surface area contributed by atoms with Crippen molar-refractivity contribution in [3.63, 3.8) is 0 Å². The molecule has 2 amide bonds. The molecule has 2 heterocycles. The minimum atomic E-state index is -0.707. The number of hydrogen-bond acceptors (Lipinski definition) is 15. The minimum absolute atomic E-state index is 0.0529. The lowest BCUT2D eigenvalue weighted by atomic mass is 10.1. The Labute approximate surface area is 289 Å². The highest BCUT2D eigenvalue weighted by molar-refractivity contribution is 6.01. The Morgan fingerprint density at radius 2 is 1.04 bits per heavy atom. The molecule has 1 aliphatic rings. The van der Waals surface area contributed by atoms with Crippen LogP contribution in [0, 0.1) is 0 Å². The van der Waals surface area contributed by atoms with Crippen LogP contribution < -0.4 is 5.56 Å². The number of aromatic amines is 1. The summed E-state index contributed by atoms with van der Waals surface area (Å²) in [5.41, 5.74) is 0.608.